The van der Waals surface area contributed by atoms with E-state index in [1.54, 1.807) is 12.3 Å². The first-order valence-corrected chi connectivity index (χ1v) is 12.3. The summed E-state index contributed by atoms with van der Waals surface area (Å²) in [5.74, 6) is 0.458. The van der Waals surface area contributed by atoms with Crippen LogP contribution >= 0.6 is 11.8 Å². The van der Waals surface area contributed by atoms with Gasteiger partial charge in [0.25, 0.3) is 0 Å². The molecule has 0 saturated carbocycles. The summed E-state index contributed by atoms with van der Waals surface area (Å²) >= 11 is 1.42. The lowest BCUT2D eigenvalue weighted by Crippen LogP contribution is -2.36. The molecule has 2 aromatic rings. The monoisotopic (exact) mass is 441 g/mol. The Balaban J connectivity index is 0.00000138. The highest BCUT2D eigenvalue weighted by atomic mass is 32.2. The summed E-state index contributed by atoms with van der Waals surface area (Å²) in [5.41, 5.74) is 3.81. The van der Waals surface area contributed by atoms with Gasteiger partial charge in [-0.3, -0.25) is 9.78 Å². The summed E-state index contributed by atoms with van der Waals surface area (Å²) in [7, 11) is 0. The van der Waals surface area contributed by atoms with Crippen LogP contribution in [0.4, 0.5) is 5.69 Å². The van der Waals surface area contributed by atoms with Crippen LogP contribution in [0.25, 0.3) is 12.2 Å². The van der Waals surface area contributed by atoms with Gasteiger partial charge in [-0.05, 0) is 43.5 Å². The van der Waals surface area contributed by atoms with Gasteiger partial charge < -0.3 is 4.90 Å². The van der Waals surface area contributed by atoms with Crippen LogP contribution in [0.15, 0.2) is 48.1 Å². The molecule has 0 atom stereocenters. The molecule has 0 radical (unpaired) electrons. The summed E-state index contributed by atoms with van der Waals surface area (Å²) < 4.78 is 0. The summed E-state index contributed by atoms with van der Waals surface area (Å²) in [6.45, 7) is 18.5. The molecule has 0 spiro atoms. The van der Waals surface area contributed by atoms with Gasteiger partial charge in [-0.1, -0.05) is 84.2 Å². The maximum Gasteiger partial charge on any atom is 0.237 e. The average molecular weight is 442 g/mol. The molecule has 1 aliphatic heterocycles. The van der Waals surface area contributed by atoms with E-state index in [2.05, 4.69) is 22.6 Å². The third kappa shape index (κ3) is 8.70. The van der Waals surface area contributed by atoms with Crippen LogP contribution in [0.5, 0.6) is 0 Å². The number of aromatic nitrogens is 2. The van der Waals surface area contributed by atoms with E-state index in [-0.39, 0.29) is 5.91 Å². The van der Waals surface area contributed by atoms with Gasteiger partial charge in [-0.15, -0.1) is 0 Å². The van der Waals surface area contributed by atoms with E-state index in [0.29, 0.717) is 5.75 Å². The highest BCUT2D eigenvalue weighted by Crippen LogP contribution is 2.28. The highest BCUT2D eigenvalue weighted by Gasteiger charge is 2.22. The number of hydrogen-bond donors (Lipinski definition) is 0. The van der Waals surface area contributed by atoms with E-state index in [1.165, 1.54) is 17.3 Å². The van der Waals surface area contributed by atoms with Crippen molar-refractivity contribution < 1.29 is 4.79 Å². The first-order chi connectivity index (χ1) is 15.2. The Hall–Kier alpha value is -2.40. The van der Waals surface area contributed by atoms with Crippen LogP contribution < -0.4 is 4.90 Å². The molecule has 0 fully saturated rings. The zero-order valence-electron chi connectivity index (χ0n) is 20.3. The lowest BCUT2D eigenvalue weighted by molar-refractivity contribution is -0.116. The number of amides is 1. The summed E-state index contributed by atoms with van der Waals surface area (Å²) in [5, 5.41) is 0.738. The van der Waals surface area contributed by atoms with Crippen molar-refractivity contribution in [3.05, 3.63) is 60.1 Å². The number of hydrogen-bond acceptors (Lipinski definition) is 4. The summed E-state index contributed by atoms with van der Waals surface area (Å²) in [6, 6.07) is 8.14. The Morgan fingerprint density at radius 2 is 1.81 bits per heavy atom. The van der Waals surface area contributed by atoms with Gasteiger partial charge in [-0.25, -0.2) is 4.98 Å². The van der Waals surface area contributed by atoms with Crippen molar-refractivity contribution in [1.82, 2.24) is 9.97 Å². The van der Waals surface area contributed by atoms with E-state index < -0.39 is 0 Å². The van der Waals surface area contributed by atoms with Crippen molar-refractivity contribution in [1.29, 1.82) is 0 Å². The molecule has 1 aliphatic rings. The van der Waals surface area contributed by atoms with Gasteiger partial charge in [-0.2, -0.15) is 0 Å². The second kappa shape index (κ2) is 17.3. The number of carbonyl (C=O) groups is 1. The van der Waals surface area contributed by atoms with E-state index in [4.69, 9.17) is 0 Å². The number of nitrogens with zero attached hydrogens (tertiary/aromatic N) is 3. The number of anilines is 1. The standard InChI is InChI=1S/C20H21N3OS.3C2H6/c1-3-8-17-16(4-2)22-19(13-21-17)25-14-20(24)23-12-7-10-15-9-5-6-11-18(15)23;3*1-2/h3-6,8-9,11,13H,2,7,10,12,14H2,1H3;3*1-2H3/b8-3-;;;. The molecule has 1 amide bonds. The fraction of sp³-hybridized carbons (Fsp3) is 0.423. The van der Waals surface area contributed by atoms with Crippen LogP contribution in [0.3, 0.4) is 0 Å². The number of rotatable bonds is 5. The number of fused-ring (bicyclic) bond motifs is 1. The van der Waals surface area contributed by atoms with Gasteiger partial charge in [0.15, 0.2) is 0 Å². The van der Waals surface area contributed by atoms with Crippen molar-refractivity contribution in [2.24, 2.45) is 0 Å². The molecule has 0 saturated heterocycles. The minimum atomic E-state index is 0.108. The van der Waals surface area contributed by atoms with E-state index >= 15 is 0 Å². The number of benzene rings is 1. The molecule has 0 bridgehead atoms. The van der Waals surface area contributed by atoms with Gasteiger partial charge in [0.05, 0.1) is 23.3 Å². The predicted molar refractivity (Wildman–Crippen MR) is 139 cm³/mol. The van der Waals surface area contributed by atoms with Crippen LogP contribution in [-0.2, 0) is 11.2 Å². The molecule has 1 aromatic heterocycles. The number of para-hydroxylation sites is 1. The SMILES string of the molecule is C=Cc1nc(SCC(=O)N2CCCc3ccccc32)cnc1/C=C\C.CC.CC.CC. The number of carbonyl (C=O) groups excluding carboxylic acids is 1. The topological polar surface area (TPSA) is 46.1 Å². The van der Waals surface area contributed by atoms with Crippen LogP contribution in [0.1, 0.15) is 71.8 Å². The van der Waals surface area contributed by atoms with Crippen LogP contribution in [-0.4, -0.2) is 28.2 Å². The number of aryl methyl sites for hydroxylation is 1. The van der Waals surface area contributed by atoms with E-state index in [1.807, 2.05) is 83.7 Å². The van der Waals surface area contributed by atoms with Gasteiger partial charge in [0.1, 0.15) is 5.03 Å². The molecule has 170 valence electrons. The minimum Gasteiger partial charge on any atom is -0.311 e. The molecule has 2 heterocycles. The molecule has 0 unspecified atom stereocenters. The molecule has 3 rings (SSSR count). The van der Waals surface area contributed by atoms with Crippen molar-refractivity contribution in [2.75, 3.05) is 17.2 Å². The average Bonchev–Trinajstić information content (AvgIpc) is 2.86. The fourth-order valence-corrected chi connectivity index (χ4v) is 3.63. The molecular weight excluding hydrogens is 402 g/mol. The maximum absolute atomic E-state index is 12.7. The highest BCUT2D eigenvalue weighted by molar-refractivity contribution is 7.99. The van der Waals surface area contributed by atoms with Gasteiger partial charge in [0.2, 0.25) is 5.91 Å². The van der Waals surface area contributed by atoms with E-state index in [0.717, 1.165) is 41.5 Å². The lowest BCUT2D eigenvalue weighted by atomic mass is 10.0. The second-order valence-corrected chi connectivity index (χ2v) is 6.74. The number of thioether (sulfide) groups is 1. The van der Waals surface area contributed by atoms with Crippen LogP contribution in [0, 0.1) is 0 Å². The largest absolute Gasteiger partial charge is 0.311 e. The van der Waals surface area contributed by atoms with Crippen molar-refractivity contribution >= 4 is 35.5 Å². The maximum atomic E-state index is 12.7. The number of allylic oxidation sites excluding steroid dienone is 1. The molecule has 31 heavy (non-hydrogen) atoms. The third-order valence-electron chi connectivity index (χ3n) is 4.08. The summed E-state index contributed by atoms with van der Waals surface area (Å²) in [6.07, 6.45) is 9.26. The zero-order valence-corrected chi connectivity index (χ0v) is 21.1. The zero-order chi connectivity index (χ0) is 23.6. The Morgan fingerprint density at radius 1 is 1.13 bits per heavy atom. The normalized spacial score (nSPS) is 11.6. The quantitative estimate of drug-likeness (QED) is 0.457. The Kier molecular flexibility index (Phi) is 16.0. The smallest absolute Gasteiger partial charge is 0.237 e. The minimum absolute atomic E-state index is 0.108. The molecule has 5 heteroatoms. The Labute approximate surface area is 193 Å². The van der Waals surface area contributed by atoms with E-state index in [9.17, 15) is 4.79 Å². The Bertz CT molecular complexity index is 818. The first-order valence-electron chi connectivity index (χ1n) is 11.4. The van der Waals surface area contributed by atoms with Gasteiger partial charge >= 0.3 is 0 Å². The van der Waals surface area contributed by atoms with Crippen molar-refractivity contribution in [2.45, 2.75) is 66.3 Å². The molecule has 0 aliphatic carbocycles. The first kappa shape index (κ1) is 28.6. The van der Waals surface area contributed by atoms with Gasteiger partial charge in [0, 0.05) is 12.2 Å². The third-order valence-corrected chi connectivity index (χ3v) is 4.96. The van der Waals surface area contributed by atoms with Crippen molar-refractivity contribution in [3.63, 3.8) is 0 Å². The van der Waals surface area contributed by atoms with Crippen LogP contribution in [0.2, 0.25) is 0 Å². The van der Waals surface area contributed by atoms with Crippen molar-refractivity contribution in [3.8, 4) is 0 Å². The lowest BCUT2D eigenvalue weighted by Gasteiger charge is -2.29. The fourth-order valence-electron chi connectivity index (χ4n) is 2.91. The Morgan fingerprint density at radius 3 is 2.45 bits per heavy atom. The predicted octanol–water partition coefficient (Wildman–Crippen LogP) is 7.30. The molecular formula is C26H39N3OS. The molecule has 4 nitrogen and oxygen atoms in total. The molecule has 1 aromatic carbocycles. The molecule has 0 N–H and O–H groups in total. The summed E-state index contributed by atoms with van der Waals surface area (Å²) in [4.78, 5) is 23.5. The second-order valence-electron chi connectivity index (χ2n) is 5.75.